The van der Waals surface area contributed by atoms with Crippen LogP contribution >= 0.6 is 0 Å². The molecule has 0 radical (unpaired) electrons. The lowest BCUT2D eigenvalue weighted by molar-refractivity contribution is 0.128. The van der Waals surface area contributed by atoms with E-state index in [9.17, 15) is 0 Å². The fraction of sp³-hybridized carbons (Fsp3) is 0.636. The predicted octanol–water partition coefficient (Wildman–Crippen LogP) is 1.16. The molecule has 1 aromatic heterocycles. The first-order valence-corrected chi connectivity index (χ1v) is 5.80. The van der Waals surface area contributed by atoms with Gasteiger partial charge in [-0.1, -0.05) is 6.92 Å². The Morgan fingerprint density at radius 3 is 2.71 bits per heavy atom. The molecule has 1 rings (SSSR count). The van der Waals surface area contributed by atoms with E-state index in [1.807, 2.05) is 6.92 Å². The van der Waals surface area contributed by atoms with E-state index >= 15 is 0 Å². The van der Waals surface area contributed by atoms with E-state index in [1.54, 1.807) is 13.2 Å². The van der Waals surface area contributed by atoms with Gasteiger partial charge in [0.25, 0.3) is 0 Å². The minimum atomic E-state index is 0.133. The van der Waals surface area contributed by atoms with Crippen molar-refractivity contribution in [3.8, 4) is 0 Å². The van der Waals surface area contributed by atoms with Crippen molar-refractivity contribution in [2.75, 3.05) is 24.4 Å². The molecule has 1 atom stereocenters. The van der Waals surface area contributed by atoms with E-state index in [1.165, 1.54) is 0 Å². The lowest BCUT2D eigenvalue weighted by Crippen LogP contribution is -2.19. The van der Waals surface area contributed by atoms with Crippen LogP contribution in [0.2, 0.25) is 0 Å². The minimum absolute atomic E-state index is 0.133. The molecule has 6 nitrogen and oxygen atoms in total. The summed E-state index contributed by atoms with van der Waals surface area (Å²) in [6, 6.07) is 1.78. The second kappa shape index (κ2) is 7.03. The number of anilines is 2. The maximum Gasteiger partial charge on any atom is 0.145 e. The SMILES string of the molecule is CCCc1nc(NN)cc(NCC(C)OC)n1. The number of methoxy groups -OCH3 is 1. The van der Waals surface area contributed by atoms with Crippen LogP contribution in [0.3, 0.4) is 0 Å². The third kappa shape index (κ3) is 4.54. The molecule has 6 heteroatoms. The van der Waals surface area contributed by atoms with Gasteiger partial charge in [0.1, 0.15) is 17.5 Å². The standard InChI is InChI=1S/C11H21N5O/c1-4-5-9-14-10(6-11(15-9)16-12)13-7-8(2)17-3/h6,8H,4-5,7,12H2,1-3H3,(H2,13,14,15,16). The summed E-state index contributed by atoms with van der Waals surface area (Å²) >= 11 is 0. The van der Waals surface area contributed by atoms with E-state index in [2.05, 4.69) is 27.6 Å². The Balaban J connectivity index is 2.72. The number of hydrazine groups is 1. The quantitative estimate of drug-likeness (QED) is 0.489. The van der Waals surface area contributed by atoms with Crippen molar-refractivity contribution in [3.05, 3.63) is 11.9 Å². The number of ether oxygens (including phenoxy) is 1. The molecule has 0 aromatic carbocycles. The Morgan fingerprint density at radius 1 is 1.41 bits per heavy atom. The number of nitrogens with zero attached hydrogens (tertiary/aromatic N) is 2. The highest BCUT2D eigenvalue weighted by Crippen LogP contribution is 2.11. The molecule has 1 heterocycles. The van der Waals surface area contributed by atoms with Gasteiger partial charge in [0, 0.05) is 26.1 Å². The number of nitrogens with two attached hydrogens (primary N) is 1. The molecule has 0 amide bonds. The molecular formula is C11H21N5O. The van der Waals surface area contributed by atoms with E-state index in [-0.39, 0.29) is 6.10 Å². The topological polar surface area (TPSA) is 85.1 Å². The average Bonchev–Trinajstić information content (AvgIpc) is 2.36. The van der Waals surface area contributed by atoms with Crippen molar-refractivity contribution in [1.82, 2.24) is 9.97 Å². The van der Waals surface area contributed by atoms with Crippen molar-refractivity contribution in [1.29, 1.82) is 0 Å². The largest absolute Gasteiger partial charge is 0.380 e. The number of rotatable bonds is 7. The van der Waals surface area contributed by atoms with Gasteiger partial charge in [-0.25, -0.2) is 15.8 Å². The van der Waals surface area contributed by atoms with Gasteiger partial charge in [-0.05, 0) is 13.3 Å². The van der Waals surface area contributed by atoms with Crippen LogP contribution in [0.4, 0.5) is 11.6 Å². The fourth-order valence-corrected chi connectivity index (χ4v) is 1.33. The number of aromatic nitrogens is 2. The molecule has 1 unspecified atom stereocenters. The van der Waals surface area contributed by atoms with E-state index in [4.69, 9.17) is 10.6 Å². The molecule has 0 bridgehead atoms. The Labute approximate surface area is 102 Å². The zero-order chi connectivity index (χ0) is 12.7. The second-order valence-corrected chi connectivity index (χ2v) is 3.88. The van der Waals surface area contributed by atoms with E-state index < -0.39 is 0 Å². The van der Waals surface area contributed by atoms with Crippen LogP contribution < -0.4 is 16.6 Å². The molecule has 1 aromatic rings. The van der Waals surface area contributed by atoms with E-state index in [0.717, 1.165) is 24.5 Å². The number of aryl methyl sites for hydroxylation is 1. The van der Waals surface area contributed by atoms with Crippen molar-refractivity contribution >= 4 is 11.6 Å². The molecule has 0 fully saturated rings. The maximum absolute atomic E-state index is 5.37. The van der Waals surface area contributed by atoms with Gasteiger partial charge in [0.05, 0.1) is 6.10 Å². The van der Waals surface area contributed by atoms with Crippen LogP contribution in [-0.2, 0) is 11.2 Å². The van der Waals surface area contributed by atoms with Crippen molar-refractivity contribution in [2.24, 2.45) is 5.84 Å². The normalized spacial score (nSPS) is 12.2. The smallest absolute Gasteiger partial charge is 0.145 e. The van der Waals surface area contributed by atoms with Crippen LogP contribution in [0.1, 0.15) is 26.1 Å². The minimum Gasteiger partial charge on any atom is -0.380 e. The first-order chi connectivity index (χ1) is 8.19. The lowest BCUT2D eigenvalue weighted by Gasteiger charge is -2.12. The molecular weight excluding hydrogens is 218 g/mol. The molecule has 0 aliphatic heterocycles. The molecule has 17 heavy (non-hydrogen) atoms. The average molecular weight is 239 g/mol. The van der Waals surface area contributed by atoms with Crippen LogP contribution in [-0.4, -0.2) is 29.7 Å². The lowest BCUT2D eigenvalue weighted by atomic mass is 10.3. The number of nitrogen functional groups attached to an aromatic ring is 1. The van der Waals surface area contributed by atoms with Crippen molar-refractivity contribution in [3.63, 3.8) is 0 Å². The van der Waals surface area contributed by atoms with Gasteiger partial charge >= 0.3 is 0 Å². The van der Waals surface area contributed by atoms with Crippen LogP contribution in [0.15, 0.2) is 6.07 Å². The maximum atomic E-state index is 5.37. The Hall–Kier alpha value is -1.40. The first kappa shape index (κ1) is 13.7. The number of hydrogen-bond acceptors (Lipinski definition) is 6. The van der Waals surface area contributed by atoms with Crippen molar-refractivity contribution in [2.45, 2.75) is 32.8 Å². The van der Waals surface area contributed by atoms with Gasteiger partial charge < -0.3 is 15.5 Å². The third-order valence-electron chi connectivity index (χ3n) is 2.37. The van der Waals surface area contributed by atoms with Crippen LogP contribution in [0.5, 0.6) is 0 Å². The first-order valence-electron chi connectivity index (χ1n) is 5.80. The van der Waals surface area contributed by atoms with Gasteiger partial charge in [0.2, 0.25) is 0 Å². The Bertz CT molecular complexity index is 345. The summed E-state index contributed by atoms with van der Waals surface area (Å²) in [5, 5.41) is 3.20. The zero-order valence-corrected chi connectivity index (χ0v) is 10.7. The monoisotopic (exact) mass is 239 g/mol. The van der Waals surface area contributed by atoms with Crippen LogP contribution in [0.25, 0.3) is 0 Å². The van der Waals surface area contributed by atoms with Gasteiger partial charge in [-0.3, -0.25) is 0 Å². The number of hydrogen-bond donors (Lipinski definition) is 3. The predicted molar refractivity (Wildman–Crippen MR) is 68.8 cm³/mol. The molecule has 0 spiro atoms. The molecule has 0 aliphatic rings. The third-order valence-corrected chi connectivity index (χ3v) is 2.37. The summed E-state index contributed by atoms with van der Waals surface area (Å²) in [5.74, 6) is 7.55. The summed E-state index contributed by atoms with van der Waals surface area (Å²) in [6.45, 7) is 4.78. The van der Waals surface area contributed by atoms with Crippen molar-refractivity contribution < 1.29 is 4.74 Å². The zero-order valence-electron chi connectivity index (χ0n) is 10.7. The Kier molecular flexibility index (Phi) is 5.65. The van der Waals surface area contributed by atoms with Gasteiger partial charge in [0.15, 0.2) is 0 Å². The summed E-state index contributed by atoms with van der Waals surface area (Å²) in [7, 11) is 1.68. The fourth-order valence-electron chi connectivity index (χ4n) is 1.33. The summed E-state index contributed by atoms with van der Waals surface area (Å²) in [6.07, 6.45) is 1.97. The molecule has 4 N–H and O–H groups in total. The van der Waals surface area contributed by atoms with Crippen LogP contribution in [0, 0.1) is 0 Å². The summed E-state index contributed by atoms with van der Waals surface area (Å²) in [5.41, 5.74) is 2.55. The van der Waals surface area contributed by atoms with Gasteiger partial charge in [-0.2, -0.15) is 0 Å². The molecule has 0 saturated heterocycles. The highest BCUT2D eigenvalue weighted by molar-refractivity contribution is 5.46. The highest BCUT2D eigenvalue weighted by Gasteiger charge is 2.05. The Morgan fingerprint density at radius 2 is 2.12 bits per heavy atom. The van der Waals surface area contributed by atoms with E-state index in [0.29, 0.717) is 12.4 Å². The molecule has 0 saturated carbocycles. The highest BCUT2D eigenvalue weighted by atomic mass is 16.5. The van der Waals surface area contributed by atoms with Gasteiger partial charge in [-0.15, -0.1) is 0 Å². The summed E-state index contributed by atoms with van der Waals surface area (Å²) < 4.78 is 5.16. The number of nitrogens with one attached hydrogen (secondary N) is 2. The molecule has 0 aliphatic carbocycles. The molecule has 96 valence electrons. The second-order valence-electron chi connectivity index (χ2n) is 3.88. The summed E-state index contributed by atoms with van der Waals surface area (Å²) in [4.78, 5) is 8.67.